The van der Waals surface area contributed by atoms with Crippen molar-refractivity contribution in [2.45, 2.75) is 43.1 Å². The van der Waals surface area contributed by atoms with E-state index in [9.17, 15) is 5.11 Å². The van der Waals surface area contributed by atoms with Gasteiger partial charge < -0.3 is 50.4 Å². The van der Waals surface area contributed by atoms with Crippen molar-refractivity contribution in [2.75, 3.05) is 0 Å². The van der Waals surface area contributed by atoms with Gasteiger partial charge in [0.25, 0.3) is 0 Å². The second kappa shape index (κ2) is 23.3. The van der Waals surface area contributed by atoms with E-state index in [-0.39, 0.29) is 62.7 Å². The quantitative estimate of drug-likeness (QED) is 0.236. The predicted molar refractivity (Wildman–Crippen MR) is 206 cm³/mol. The standard InChI is InChI=1S/C19H14N2S.C19H17NOS.2ClH.Ni.6H2O/c20-12-14-5-4-6-15(11-14)17-13-22-18(21-17)19(9-10-19)16-7-2-1-3-8-16;21-12-14-5-4-6-15(11-14)17-13-22-18(20-17)19(9-10-19)16-7-2-1-3-8-16;;;;;;;;;/h1-8,11,13H,9-10H2;1-8,11,13,21H,9-10,12H2;2*1H;;6*1H2/q;;;;+1;;;;;;/p-2. The number of rotatable bonds is 7. The number of nitriles is 1. The predicted octanol–water partition coefficient (Wildman–Crippen LogP) is 1.89. The van der Waals surface area contributed by atoms with Crippen LogP contribution in [0.5, 0.6) is 0 Å². The third-order valence-electron chi connectivity index (χ3n) is 8.67. The third-order valence-corrected chi connectivity index (χ3v) is 10.8. The number of halogens is 2. The Morgan fingerprint density at radius 3 is 1.43 bits per heavy atom. The topological polar surface area (TPSA) is 259 Å². The molecule has 0 spiro atoms. The molecule has 0 radical (unpaired) electrons. The van der Waals surface area contributed by atoms with Gasteiger partial charge in [0.2, 0.25) is 0 Å². The van der Waals surface area contributed by atoms with Gasteiger partial charge in [-0.3, -0.25) is 0 Å². The van der Waals surface area contributed by atoms with Gasteiger partial charge in [-0.2, -0.15) is 5.26 Å². The molecule has 4 aromatic carbocycles. The summed E-state index contributed by atoms with van der Waals surface area (Å²) in [6.45, 7) is 0.0682. The van der Waals surface area contributed by atoms with E-state index in [0.29, 0.717) is 5.56 Å². The summed E-state index contributed by atoms with van der Waals surface area (Å²) >= 11 is 6.82. The van der Waals surface area contributed by atoms with Crippen molar-refractivity contribution in [3.8, 4) is 28.6 Å². The average molecular weight is 848 g/mol. The van der Waals surface area contributed by atoms with Crippen LogP contribution in [0.15, 0.2) is 120 Å². The third kappa shape index (κ3) is 11.2. The molecule has 10 nitrogen and oxygen atoms in total. The summed E-state index contributed by atoms with van der Waals surface area (Å²) in [4.78, 5) is 9.78. The molecule has 0 bridgehead atoms. The molecule has 8 rings (SSSR count). The van der Waals surface area contributed by atoms with Crippen molar-refractivity contribution in [1.29, 1.82) is 5.26 Å². The Bertz CT molecular complexity index is 1970. The van der Waals surface area contributed by atoms with Gasteiger partial charge in [0.1, 0.15) is 10.0 Å². The summed E-state index contributed by atoms with van der Waals surface area (Å²) in [6, 6.07) is 39.2. The zero-order chi connectivity index (χ0) is 32.0. The molecule has 2 fully saturated rings. The van der Waals surface area contributed by atoms with Crippen molar-refractivity contribution >= 4 is 32.9 Å². The summed E-state index contributed by atoms with van der Waals surface area (Å²) in [5.41, 5.74) is 8.68. The molecule has 13 N–H and O–H groups in total. The van der Waals surface area contributed by atoms with Crippen LogP contribution in [-0.4, -0.2) is 47.9 Å². The van der Waals surface area contributed by atoms with Crippen molar-refractivity contribution < 1.29 is 64.9 Å². The maximum absolute atomic E-state index is 9.28. The van der Waals surface area contributed by atoms with E-state index in [1.807, 2.05) is 42.5 Å². The zero-order valence-corrected chi connectivity index (χ0v) is 32.4. The van der Waals surface area contributed by atoms with Gasteiger partial charge in [0, 0.05) is 32.7 Å². The number of nitrogens with zero attached hydrogens (tertiary/aromatic N) is 3. The van der Waals surface area contributed by atoms with Crippen LogP contribution in [0.25, 0.3) is 22.5 Å². The Hall–Kier alpha value is -3.58. The van der Waals surface area contributed by atoms with Gasteiger partial charge in [-0.05, 0) is 60.6 Å². The van der Waals surface area contributed by atoms with E-state index in [1.165, 1.54) is 46.8 Å². The van der Waals surface area contributed by atoms with Crippen LogP contribution in [0.1, 0.15) is 58.0 Å². The van der Waals surface area contributed by atoms with Crippen LogP contribution in [0.3, 0.4) is 0 Å². The molecule has 2 saturated carbocycles. The van der Waals surface area contributed by atoms with Gasteiger partial charge in [0.05, 0.1) is 29.6 Å². The van der Waals surface area contributed by atoms with E-state index in [0.717, 1.165) is 28.1 Å². The molecule has 2 aromatic heterocycles. The van der Waals surface area contributed by atoms with Gasteiger partial charge >= 0.3 is 24.8 Å². The molecule has 0 aliphatic heterocycles. The number of benzene rings is 4. The van der Waals surface area contributed by atoms with Gasteiger partial charge in [0.15, 0.2) is 0 Å². The zero-order valence-electron chi connectivity index (χ0n) is 28.3. The van der Waals surface area contributed by atoms with Gasteiger partial charge in [-0.25, -0.2) is 9.97 Å². The van der Waals surface area contributed by atoms with Crippen LogP contribution >= 0.6 is 32.9 Å². The first kappa shape index (κ1) is 51.5. The Morgan fingerprint density at radius 2 is 1.04 bits per heavy atom. The van der Waals surface area contributed by atoms with Crippen LogP contribution < -0.4 is 12.4 Å². The second-order valence-corrected chi connectivity index (χ2v) is 13.2. The van der Waals surface area contributed by atoms with Crippen LogP contribution in [0.4, 0.5) is 0 Å². The molecular weight excluding hydrogens is 804 g/mol. The van der Waals surface area contributed by atoms with Crippen molar-refractivity contribution in [3.05, 3.63) is 152 Å². The molecule has 2 heterocycles. The Morgan fingerprint density at radius 1 is 0.623 bits per heavy atom. The molecule has 0 unspecified atom stereocenters. The van der Waals surface area contributed by atoms with E-state index < -0.39 is 0 Å². The molecule has 0 amide bonds. The summed E-state index contributed by atoms with van der Waals surface area (Å²) in [7, 11) is 4.26. The molecule has 2 aliphatic rings. The second-order valence-electron chi connectivity index (χ2n) is 11.5. The number of hydrogen-bond acceptors (Lipinski definition) is 6. The SMILES string of the molecule is N#Cc1cccc(-c2csc(C3(c4ccccc4)CC3)n2)c1.O.O.O.O.O.O.OCc1cccc(-c2csc(C3(c4ccccc4)CC3)n2)c1.[Cl-].[Cl][Ni]. The fraction of sp³-hybridized carbons (Fsp3) is 0.184. The van der Waals surface area contributed by atoms with Crippen LogP contribution in [0, 0.1) is 11.3 Å². The Kier molecular flexibility index (Phi) is 22.6. The van der Waals surface area contributed by atoms with Crippen molar-refractivity contribution in [3.63, 3.8) is 0 Å². The Labute approximate surface area is 335 Å². The first-order chi connectivity index (χ1) is 22.6. The van der Waals surface area contributed by atoms with Crippen LogP contribution in [0.2, 0.25) is 0 Å². The fourth-order valence-electron chi connectivity index (χ4n) is 5.85. The normalized spacial score (nSPS) is 13.0. The molecule has 6 aromatic rings. The molecule has 0 atom stereocenters. The molecule has 0 saturated heterocycles. The summed E-state index contributed by atoms with van der Waals surface area (Å²) in [5.74, 6) is 0. The number of aliphatic hydroxyl groups is 1. The molecular formula is C38H43Cl2N3NiO7S2-. The first-order valence-electron chi connectivity index (χ1n) is 15.0. The van der Waals surface area contributed by atoms with E-state index in [1.54, 1.807) is 22.7 Å². The summed E-state index contributed by atoms with van der Waals surface area (Å²) in [5, 5.41) is 25.0. The maximum atomic E-state index is 9.28. The van der Waals surface area contributed by atoms with E-state index in [4.69, 9.17) is 15.2 Å². The number of aliphatic hydroxyl groups excluding tert-OH is 1. The van der Waals surface area contributed by atoms with Gasteiger partial charge in [-0.1, -0.05) is 91.0 Å². The summed E-state index contributed by atoms with van der Waals surface area (Å²) < 4.78 is 0. The molecule has 289 valence electrons. The number of hydrogen-bond donors (Lipinski definition) is 1. The van der Waals surface area contributed by atoms with E-state index in [2.05, 4.69) is 108 Å². The minimum absolute atomic E-state index is 0. The molecule has 53 heavy (non-hydrogen) atoms. The van der Waals surface area contributed by atoms with Gasteiger partial charge in [-0.15, -0.1) is 22.7 Å². The molecule has 2 aliphatic carbocycles. The monoisotopic (exact) mass is 845 g/mol. The average Bonchev–Trinajstić information content (AvgIpc) is 4.02. The van der Waals surface area contributed by atoms with Crippen molar-refractivity contribution in [1.82, 2.24) is 9.97 Å². The summed E-state index contributed by atoms with van der Waals surface area (Å²) in [6.07, 6.45) is 4.70. The van der Waals surface area contributed by atoms with Crippen molar-refractivity contribution in [2.24, 2.45) is 0 Å². The fourth-order valence-corrected chi connectivity index (χ4v) is 8.07. The Balaban J connectivity index is 0. The number of thiazole rings is 2. The number of aromatic nitrogens is 2. The van der Waals surface area contributed by atoms with Crippen LogP contribution in [-0.2, 0) is 32.0 Å². The van der Waals surface area contributed by atoms with E-state index >= 15 is 0 Å². The first-order valence-corrected chi connectivity index (χ1v) is 18.1. The molecule has 15 heteroatoms. The minimum atomic E-state index is 0.